The van der Waals surface area contributed by atoms with Gasteiger partial charge in [0.25, 0.3) is 5.89 Å². The van der Waals surface area contributed by atoms with Gasteiger partial charge in [-0.1, -0.05) is 29.4 Å². The smallest absolute Gasteiger partial charge is 0.416 e. The topological polar surface area (TPSA) is 106 Å². The monoisotopic (exact) mass is 448 g/mol. The van der Waals surface area contributed by atoms with Crippen LogP contribution in [0.25, 0.3) is 11.4 Å². The summed E-state index contributed by atoms with van der Waals surface area (Å²) in [6.07, 6.45) is -4.51. The van der Waals surface area contributed by atoms with E-state index in [0.717, 1.165) is 12.1 Å². The standard InChI is InChI=1S/C21H19F3N4O4/c1-12(2)25-20(30)26-16-9-4-3-8-15(16)19(29)31-11-17-27-18(28-32-17)13-6-5-7-14(10-13)21(22,23)24/h3-10,12H,11H2,1-2H3,(H2,25,26,30). The van der Waals surface area contributed by atoms with Gasteiger partial charge in [0, 0.05) is 11.6 Å². The first-order valence-electron chi connectivity index (χ1n) is 9.47. The summed E-state index contributed by atoms with van der Waals surface area (Å²) in [6.45, 7) is 3.17. The number of esters is 1. The van der Waals surface area contributed by atoms with E-state index in [4.69, 9.17) is 9.26 Å². The summed E-state index contributed by atoms with van der Waals surface area (Å²) in [5.41, 5.74) is -0.403. The zero-order valence-corrected chi connectivity index (χ0v) is 17.1. The number of nitrogens with zero attached hydrogens (tertiary/aromatic N) is 2. The van der Waals surface area contributed by atoms with Crippen LogP contribution >= 0.6 is 0 Å². The summed E-state index contributed by atoms with van der Waals surface area (Å²) >= 11 is 0. The second kappa shape index (κ2) is 9.50. The maximum Gasteiger partial charge on any atom is 0.416 e. The van der Waals surface area contributed by atoms with Crippen molar-refractivity contribution in [3.63, 3.8) is 0 Å². The lowest BCUT2D eigenvalue weighted by molar-refractivity contribution is -0.137. The molecule has 8 nitrogen and oxygen atoms in total. The first kappa shape index (κ1) is 22.8. The third-order valence-electron chi connectivity index (χ3n) is 4.06. The minimum Gasteiger partial charge on any atom is -0.452 e. The summed E-state index contributed by atoms with van der Waals surface area (Å²) in [5.74, 6) is -0.937. The Morgan fingerprint density at radius 1 is 1.12 bits per heavy atom. The molecule has 0 spiro atoms. The van der Waals surface area contributed by atoms with Gasteiger partial charge in [0.15, 0.2) is 6.61 Å². The SMILES string of the molecule is CC(C)NC(=O)Nc1ccccc1C(=O)OCc1nc(-c2cccc(C(F)(F)F)c2)no1. The Morgan fingerprint density at radius 3 is 2.59 bits per heavy atom. The Bertz CT molecular complexity index is 1110. The number of urea groups is 1. The molecule has 0 fully saturated rings. The fourth-order valence-electron chi connectivity index (χ4n) is 2.66. The summed E-state index contributed by atoms with van der Waals surface area (Å²) in [4.78, 5) is 28.4. The van der Waals surface area contributed by atoms with Crippen LogP contribution < -0.4 is 10.6 Å². The highest BCUT2D eigenvalue weighted by atomic mass is 19.4. The van der Waals surface area contributed by atoms with Crippen molar-refractivity contribution < 1.29 is 32.0 Å². The number of rotatable bonds is 6. The molecular weight excluding hydrogens is 429 g/mol. The molecule has 0 aliphatic heterocycles. The van der Waals surface area contributed by atoms with E-state index in [9.17, 15) is 22.8 Å². The van der Waals surface area contributed by atoms with Crippen molar-refractivity contribution in [2.45, 2.75) is 32.7 Å². The number of hydrogen-bond acceptors (Lipinski definition) is 6. The van der Waals surface area contributed by atoms with Crippen LogP contribution in [0.4, 0.5) is 23.7 Å². The molecule has 11 heteroatoms. The molecule has 1 aromatic heterocycles. The van der Waals surface area contributed by atoms with E-state index in [1.165, 1.54) is 24.3 Å². The molecule has 32 heavy (non-hydrogen) atoms. The van der Waals surface area contributed by atoms with Gasteiger partial charge in [-0.2, -0.15) is 18.2 Å². The van der Waals surface area contributed by atoms with E-state index in [-0.39, 0.29) is 34.6 Å². The molecule has 0 saturated carbocycles. The van der Waals surface area contributed by atoms with Crippen LogP contribution in [0.15, 0.2) is 53.1 Å². The van der Waals surface area contributed by atoms with Crippen molar-refractivity contribution in [2.75, 3.05) is 5.32 Å². The van der Waals surface area contributed by atoms with Crippen LogP contribution in [0, 0.1) is 0 Å². The fourth-order valence-corrected chi connectivity index (χ4v) is 2.66. The van der Waals surface area contributed by atoms with Gasteiger partial charge in [0.05, 0.1) is 16.8 Å². The van der Waals surface area contributed by atoms with E-state index in [0.29, 0.717) is 0 Å². The molecule has 0 aliphatic carbocycles. The number of carbonyl (C=O) groups excluding carboxylic acids is 2. The number of para-hydroxylation sites is 1. The zero-order chi connectivity index (χ0) is 23.3. The van der Waals surface area contributed by atoms with Crippen molar-refractivity contribution >= 4 is 17.7 Å². The van der Waals surface area contributed by atoms with E-state index >= 15 is 0 Å². The molecule has 0 radical (unpaired) electrons. The largest absolute Gasteiger partial charge is 0.452 e. The van der Waals surface area contributed by atoms with E-state index < -0.39 is 30.3 Å². The van der Waals surface area contributed by atoms with Gasteiger partial charge in [-0.25, -0.2) is 9.59 Å². The Balaban J connectivity index is 1.67. The van der Waals surface area contributed by atoms with Crippen molar-refractivity contribution in [3.8, 4) is 11.4 Å². The molecule has 0 bridgehead atoms. The summed E-state index contributed by atoms with van der Waals surface area (Å²) in [6, 6.07) is 10.1. The molecule has 2 amide bonds. The third-order valence-corrected chi connectivity index (χ3v) is 4.06. The predicted octanol–water partition coefficient (Wildman–Crippen LogP) is 4.64. The highest BCUT2D eigenvalue weighted by Crippen LogP contribution is 2.31. The predicted molar refractivity (Wildman–Crippen MR) is 108 cm³/mol. The highest BCUT2D eigenvalue weighted by Gasteiger charge is 2.30. The van der Waals surface area contributed by atoms with Gasteiger partial charge < -0.3 is 19.9 Å². The number of nitrogens with one attached hydrogen (secondary N) is 2. The molecule has 168 valence electrons. The normalized spacial score (nSPS) is 11.3. The molecule has 3 rings (SSSR count). The van der Waals surface area contributed by atoms with Crippen molar-refractivity contribution in [3.05, 3.63) is 65.5 Å². The number of amides is 2. The quantitative estimate of drug-likeness (QED) is 0.532. The van der Waals surface area contributed by atoms with Crippen molar-refractivity contribution in [1.82, 2.24) is 15.5 Å². The number of hydrogen-bond donors (Lipinski definition) is 2. The molecule has 0 aliphatic rings. The number of anilines is 1. The third kappa shape index (κ3) is 5.84. The van der Waals surface area contributed by atoms with Crippen LogP contribution in [0.3, 0.4) is 0 Å². The average Bonchev–Trinajstić information content (AvgIpc) is 3.20. The van der Waals surface area contributed by atoms with E-state index in [1.807, 2.05) is 0 Å². The maximum absolute atomic E-state index is 12.9. The molecule has 0 unspecified atom stereocenters. The number of ether oxygens (including phenoxy) is 1. The van der Waals surface area contributed by atoms with Crippen LogP contribution in [0.2, 0.25) is 0 Å². The molecule has 1 heterocycles. The van der Waals surface area contributed by atoms with E-state index in [1.54, 1.807) is 26.0 Å². The summed E-state index contributed by atoms with van der Waals surface area (Å²) < 4.78 is 48.8. The molecule has 2 aromatic carbocycles. The summed E-state index contributed by atoms with van der Waals surface area (Å²) in [7, 11) is 0. The Kier molecular flexibility index (Phi) is 6.76. The van der Waals surface area contributed by atoms with Gasteiger partial charge >= 0.3 is 18.2 Å². The number of carbonyl (C=O) groups is 2. The van der Waals surface area contributed by atoms with Crippen LogP contribution in [-0.4, -0.2) is 28.2 Å². The van der Waals surface area contributed by atoms with Gasteiger partial charge in [0.1, 0.15) is 0 Å². The van der Waals surface area contributed by atoms with Crippen LogP contribution in [-0.2, 0) is 17.5 Å². The zero-order valence-electron chi connectivity index (χ0n) is 17.1. The van der Waals surface area contributed by atoms with E-state index in [2.05, 4.69) is 20.8 Å². The molecule has 3 aromatic rings. The minimum atomic E-state index is -4.51. The molecule has 0 saturated heterocycles. The average molecular weight is 448 g/mol. The molecule has 2 N–H and O–H groups in total. The lowest BCUT2D eigenvalue weighted by Crippen LogP contribution is -2.34. The molecular formula is C21H19F3N4O4. The summed E-state index contributed by atoms with van der Waals surface area (Å²) in [5, 5.41) is 8.85. The first-order valence-corrected chi connectivity index (χ1v) is 9.47. The van der Waals surface area contributed by atoms with Gasteiger partial charge in [-0.15, -0.1) is 0 Å². The highest BCUT2D eigenvalue weighted by molar-refractivity contribution is 6.00. The second-order valence-corrected chi connectivity index (χ2v) is 6.97. The van der Waals surface area contributed by atoms with Crippen LogP contribution in [0.1, 0.15) is 35.7 Å². The lowest BCUT2D eigenvalue weighted by Gasteiger charge is -2.12. The van der Waals surface area contributed by atoms with Gasteiger partial charge in [0.2, 0.25) is 5.82 Å². The second-order valence-electron chi connectivity index (χ2n) is 6.97. The fraction of sp³-hybridized carbons (Fsp3) is 0.238. The van der Waals surface area contributed by atoms with Crippen molar-refractivity contribution in [1.29, 1.82) is 0 Å². The van der Waals surface area contributed by atoms with Gasteiger partial charge in [-0.3, -0.25) is 0 Å². The Labute approximate surface area is 180 Å². The van der Waals surface area contributed by atoms with Crippen LogP contribution in [0.5, 0.6) is 0 Å². The number of benzene rings is 2. The Hall–Kier alpha value is -3.89. The number of alkyl halides is 3. The number of aromatic nitrogens is 2. The molecule has 0 atom stereocenters. The lowest BCUT2D eigenvalue weighted by atomic mass is 10.1. The van der Waals surface area contributed by atoms with Gasteiger partial charge in [-0.05, 0) is 38.1 Å². The number of halogens is 3. The Morgan fingerprint density at radius 2 is 1.88 bits per heavy atom. The minimum absolute atomic E-state index is 0.0745. The van der Waals surface area contributed by atoms with Crippen molar-refractivity contribution in [2.24, 2.45) is 0 Å². The maximum atomic E-state index is 12.9. The first-order chi connectivity index (χ1) is 15.1.